The van der Waals surface area contributed by atoms with Crippen LogP contribution in [0.15, 0.2) is 48.5 Å². The first-order chi connectivity index (χ1) is 20.4. The molecule has 0 aliphatic carbocycles. The van der Waals surface area contributed by atoms with Crippen LogP contribution in [-0.2, 0) is 32.2 Å². The predicted molar refractivity (Wildman–Crippen MR) is 152 cm³/mol. The summed E-state index contributed by atoms with van der Waals surface area (Å²) >= 11 is 0. The summed E-state index contributed by atoms with van der Waals surface area (Å²) in [6.45, 7) is 3.93. The summed E-state index contributed by atoms with van der Waals surface area (Å²) in [6.07, 6.45) is 1.50. The Labute approximate surface area is 242 Å². The van der Waals surface area contributed by atoms with Crippen molar-refractivity contribution in [3.63, 3.8) is 0 Å². The van der Waals surface area contributed by atoms with Gasteiger partial charge in [-0.25, -0.2) is 4.98 Å². The number of piperidine rings is 1. The van der Waals surface area contributed by atoms with Crippen molar-refractivity contribution in [2.45, 2.75) is 44.5 Å². The number of amides is 4. The Kier molecular flexibility index (Phi) is 6.83. The lowest BCUT2D eigenvalue weighted by molar-refractivity contribution is -0.137. The minimum atomic E-state index is -0.628. The molecular formula is C31H31N5O6. The van der Waals surface area contributed by atoms with Gasteiger partial charge in [0.15, 0.2) is 0 Å². The molecule has 7 rings (SSSR count). The van der Waals surface area contributed by atoms with Crippen LogP contribution in [-0.4, -0.2) is 83.4 Å². The van der Waals surface area contributed by atoms with E-state index in [1.807, 2.05) is 30.3 Å². The number of hydrogen-bond donors (Lipinski definition) is 1. The number of pyridine rings is 1. The Bertz CT molecular complexity index is 1610. The molecule has 1 aromatic heterocycles. The van der Waals surface area contributed by atoms with Gasteiger partial charge in [-0.05, 0) is 66.4 Å². The summed E-state index contributed by atoms with van der Waals surface area (Å²) in [6, 6.07) is 15.0. The number of morpholine rings is 1. The number of carbonyl (C=O) groups is 4. The molecule has 0 bridgehead atoms. The van der Waals surface area contributed by atoms with Gasteiger partial charge in [-0.15, -0.1) is 0 Å². The molecule has 3 saturated heterocycles. The van der Waals surface area contributed by atoms with Gasteiger partial charge in [0.2, 0.25) is 11.8 Å². The number of aromatic nitrogens is 1. The topological polar surface area (TPSA) is 121 Å². The van der Waals surface area contributed by atoms with Crippen molar-refractivity contribution in [1.82, 2.24) is 20.1 Å². The van der Waals surface area contributed by atoms with Gasteiger partial charge in [-0.1, -0.05) is 6.07 Å². The molecule has 42 heavy (non-hydrogen) atoms. The van der Waals surface area contributed by atoms with Crippen molar-refractivity contribution in [1.29, 1.82) is 0 Å². The van der Waals surface area contributed by atoms with E-state index in [1.165, 1.54) is 5.56 Å². The number of carbonyl (C=O) groups excluding carboxylic acids is 4. The highest BCUT2D eigenvalue weighted by Gasteiger charge is 2.39. The summed E-state index contributed by atoms with van der Waals surface area (Å²) in [5.74, 6) is 0.406. The fraction of sp³-hybridized carbons (Fsp3) is 0.387. The van der Waals surface area contributed by atoms with Crippen LogP contribution < -0.4 is 15.0 Å². The van der Waals surface area contributed by atoms with Crippen LogP contribution in [0.5, 0.6) is 5.75 Å². The van der Waals surface area contributed by atoms with Crippen LogP contribution in [0.3, 0.4) is 0 Å². The zero-order chi connectivity index (χ0) is 28.8. The zero-order valence-corrected chi connectivity index (χ0v) is 23.1. The Morgan fingerprint density at radius 1 is 1.00 bits per heavy atom. The Morgan fingerprint density at radius 3 is 2.76 bits per heavy atom. The largest absolute Gasteiger partial charge is 0.489 e. The standard InChI is InChI=1S/C31H31N5O6/c37-28-8-6-26(30(39)33-28)36-16-21-14-22(3-4-24(21)31(36)40)42-23-9-10-34(17-23)15-19-1-5-25-20(13-19)2-7-27(32-25)35-11-12-41-18-29(35)38/h1-5,7,13-14,23,26H,6,8-12,15-18H2,(H,33,37,39)/t23-,26?/m0/s1. The molecule has 11 nitrogen and oxygen atoms in total. The van der Waals surface area contributed by atoms with E-state index in [0.29, 0.717) is 43.2 Å². The molecule has 0 saturated carbocycles. The summed E-state index contributed by atoms with van der Waals surface area (Å²) < 4.78 is 11.5. The molecule has 3 fully saturated rings. The number of benzene rings is 2. The van der Waals surface area contributed by atoms with E-state index in [1.54, 1.807) is 15.9 Å². The number of likely N-dealkylation sites (tertiary alicyclic amines) is 1. The Hall–Kier alpha value is -4.35. The summed E-state index contributed by atoms with van der Waals surface area (Å²) in [4.78, 5) is 59.3. The lowest BCUT2D eigenvalue weighted by Crippen LogP contribution is -2.52. The van der Waals surface area contributed by atoms with Gasteiger partial charge in [0.05, 0.1) is 18.7 Å². The molecule has 216 valence electrons. The van der Waals surface area contributed by atoms with Crippen molar-refractivity contribution in [2.75, 3.05) is 37.7 Å². The first-order valence-corrected chi connectivity index (χ1v) is 14.4. The third-order valence-corrected chi connectivity index (χ3v) is 8.43. The number of imide groups is 1. The molecule has 1 unspecified atom stereocenters. The highest BCUT2D eigenvalue weighted by Crippen LogP contribution is 2.31. The molecule has 4 amide bonds. The maximum absolute atomic E-state index is 13.0. The van der Waals surface area contributed by atoms with Crippen molar-refractivity contribution >= 4 is 40.3 Å². The number of ether oxygens (including phenoxy) is 2. The molecule has 2 atom stereocenters. The maximum atomic E-state index is 13.0. The minimum Gasteiger partial charge on any atom is -0.489 e. The van der Waals surface area contributed by atoms with Crippen LogP contribution in [0.1, 0.15) is 40.7 Å². The van der Waals surface area contributed by atoms with Crippen LogP contribution in [0.25, 0.3) is 10.9 Å². The van der Waals surface area contributed by atoms with Crippen LogP contribution >= 0.6 is 0 Å². The van der Waals surface area contributed by atoms with E-state index in [2.05, 4.69) is 22.3 Å². The molecule has 0 radical (unpaired) electrons. The smallest absolute Gasteiger partial charge is 0.255 e. The lowest BCUT2D eigenvalue weighted by Gasteiger charge is -2.29. The molecule has 0 spiro atoms. The van der Waals surface area contributed by atoms with Crippen LogP contribution in [0, 0.1) is 0 Å². The number of nitrogens with zero attached hydrogens (tertiary/aromatic N) is 4. The number of rotatable bonds is 6. The molecule has 11 heteroatoms. The van der Waals surface area contributed by atoms with Crippen LogP contribution in [0.2, 0.25) is 0 Å². The monoisotopic (exact) mass is 569 g/mol. The average molecular weight is 570 g/mol. The van der Waals surface area contributed by atoms with Gasteiger partial charge >= 0.3 is 0 Å². The summed E-state index contributed by atoms with van der Waals surface area (Å²) in [5, 5.41) is 3.37. The number of fused-ring (bicyclic) bond motifs is 2. The quantitative estimate of drug-likeness (QED) is 0.448. The average Bonchev–Trinajstić information content (AvgIpc) is 3.56. The molecule has 4 aliphatic heterocycles. The third-order valence-electron chi connectivity index (χ3n) is 8.43. The van der Waals surface area contributed by atoms with Gasteiger partial charge in [-0.3, -0.25) is 34.3 Å². The number of hydrogen-bond acceptors (Lipinski definition) is 8. The zero-order valence-electron chi connectivity index (χ0n) is 23.1. The second-order valence-corrected chi connectivity index (χ2v) is 11.3. The third kappa shape index (κ3) is 5.10. The number of anilines is 1. The highest BCUT2D eigenvalue weighted by molar-refractivity contribution is 6.05. The molecular weight excluding hydrogens is 538 g/mol. The van der Waals surface area contributed by atoms with E-state index in [-0.39, 0.29) is 36.9 Å². The SMILES string of the molecule is O=C1CCC(N2Cc3cc(O[C@H]4CCN(Cc5ccc6nc(N7CCOCC7=O)ccc6c5)C4)ccc3C2=O)C(=O)N1. The van der Waals surface area contributed by atoms with Crippen molar-refractivity contribution in [3.05, 3.63) is 65.2 Å². The van der Waals surface area contributed by atoms with Gasteiger partial charge in [-0.2, -0.15) is 0 Å². The fourth-order valence-corrected chi connectivity index (χ4v) is 6.28. The number of nitrogens with one attached hydrogen (secondary N) is 1. The second kappa shape index (κ2) is 10.8. The normalized spacial score (nSPS) is 23.0. The highest BCUT2D eigenvalue weighted by atomic mass is 16.5. The van der Waals surface area contributed by atoms with Gasteiger partial charge in [0.25, 0.3) is 11.8 Å². The Morgan fingerprint density at radius 2 is 1.90 bits per heavy atom. The van der Waals surface area contributed by atoms with Gasteiger partial charge in [0, 0.05) is 43.5 Å². The van der Waals surface area contributed by atoms with E-state index in [0.717, 1.165) is 42.5 Å². The maximum Gasteiger partial charge on any atom is 0.255 e. The van der Waals surface area contributed by atoms with Crippen molar-refractivity contribution < 1.29 is 28.7 Å². The van der Waals surface area contributed by atoms with E-state index >= 15 is 0 Å². The van der Waals surface area contributed by atoms with Crippen molar-refractivity contribution in [3.8, 4) is 5.75 Å². The minimum absolute atomic E-state index is 0.0298. The first kappa shape index (κ1) is 26.5. The fourth-order valence-electron chi connectivity index (χ4n) is 6.28. The lowest BCUT2D eigenvalue weighted by atomic mass is 10.0. The first-order valence-electron chi connectivity index (χ1n) is 14.4. The molecule has 1 N–H and O–H groups in total. The van der Waals surface area contributed by atoms with E-state index < -0.39 is 11.9 Å². The molecule has 2 aromatic carbocycles. The molecule has 5 heterocycles. The van der Waals surface area contributed by atoms with Crippen LogP contribution in [0.4, 0.5) is 5.82 Å². The van der Waals surface area contributed by atoms with Crippen molar-refractivity contribution in [2.24, 2.45) is 0 Å². The van der Waals surface area contributed by atoms with Gasteiger partial charge < -0.3 is 14.4 Å². The Balaban J connectivity index is 0.964. The molecule has 4 aliphatic rings. The summed E-state index contributed by atoms with van der Waals surface area (Å²) in [5.41, 5.74) is 3.45. The molecule has 3 aromatic rings. The second-order valence-electron chi connectivity index (χ2n) is 11.3. The van der Waals surface area contributed by atoms with E-state index in [4.69, 9.17) is 14.5 Å². The van der Waals surface area contributed by atoms with Gasteiger partial charge in [0.1, 0.15) is 30.3 Å². The predicted octanol–water partition coefficient (Wildman–Crippen LogP) is 2.01. The van der Waals surface area contributed by atoms with E-state index in [9.17, 15) is 19.2 Å². The summed E-state index contributed by atoms with van der Waals surface area (Å²) in [7, 11) is 0.